The van der Waals surface area contributed by atoms with E-state index in [2.05, 4.69) is 35.2 Å². The average molecular weight is 545 g/mol. The van der Waals surface area contributed by atoms with Crippen molar-refractivity contribution >= 4 is 25.7 Å². The van der Waals surface area contributed by atoms with Gasteiger partial charge in [-0.15, -0.1) is 0 Å². The van der Waals surface area contributed by atoms with Crippen molar-refractivity contribution in [3.05, 3.63) is 83.0 Å². The minimum atomic E-state index is -1.72. The molecule has 1 atom stereocenters. The first-order valence-electron chi connectivity index (χ1n) is 13.9. The van der Waals surface area contributed by atoms with Crippen LogP contribution in [-0.4, -0.2) is 41.6 Å². The number of benzene rings is 2. The Morgan fingerprint density at radius 3 is 2.28 bits per heavy atom. The Kier molecular flexibility index (Phi) is 7.28. The summed E-state index contributed by atoms with van der Waals surface area (Å²) in [5.41, 5.74) is 3.15. The average Bonchev–Trinajstić information content (AvgIpc) is 3.38. The van der Waals surface area contributed by atoms with Crippen LogP contribution in [0.1, 0.15) is 61.4 Å². The smallest absolute Gasteiger partial charge is 0.233 e. The van der Waals surface area contributed by atoms with Gasteiger partial charge in [0.15, 0.2) is 5.82 Å². The van der Waals surface area contributed by atoms with Gasteiger partial charge < -0.3 is 15.0 Å². The summed E-state index contributed by atoms with van der Waals surface area (Å²) in [4.78, 5) is 29.6. The number of aromatic amines is 1. The topological polar surface area (TPSA) is 87.3 Å². The van der Waals surface area contributed by atoms with Gasteiger partial charge in [-0.1, -0.05) is 86.7 Å². The molecular formula is C31H40N4O3Si. The number of carbonyl (C=O) groups excluding carboxylic acids is 2. The zero-order chi connectivity index (χ0) is 27.8. The van der Waals surface area contributed by atoms with Crippen molar-refractivity contribution in [3.8, 4) is 0 Å². The molecule has 5 rings (SSSR count). The van der Waals surface area contributed by atoms with E-state index >= 15 is 0 Å². The van der Waals surface area contributed by atoms with E-state index in [0.29, 0.717) is 19.0 Å². The second-order valence-electron chi connectivity index (χ2n) is 12.5. The lowest BCUT2D eigenvalue weighted by atomic mass is 9.83. The number of H-pyrrole nitrogens is 1. The molecule has 0 spiro atoms. The molecule has 206 valence electrons. The highest BCUT2D eigenvalue weighted by Crippen LogP contribution is 2.56. The largest absolute Gasteiger partial charge is 0.376 e. The van der Waals surface area contributed by atoms with Gasteiger partial charge in [-0.25, -0.2) is 0 Å². The minimum Gasteiger partial charge on any atom is -0.376 e. The van der Waals surface area contributed by atoms with Crippen molar-refractivity contribution in [2.45, 2.75) is 82.4 Å². The number of anilines is 1. The first kappa shape index (κ1) is 27.3. The second kappa shape index (κ2) is 10.4. The Labute approximate surface area is 232 Å². The van der Waals surface area contributed by atoms with Crippen molar-refractivity contribution in [1.29, 1.82) is 0 Å². The number of rotatable bonds is 9. The van der Waals surface area contributed by atoms with Gasteiger partial charge in [0.2, 0.25) is 11.8 Å². The molecule has 0 bridgehead atoms. The molecule has 0 saturated heterocycles. The van der Waals surface area contributed by atoms with Crippen LogP contribution in [-0.2, 0) is 33.0 Å². The number of aromatic nitrogens is 2. The van der Waals surface area contributed by atoms with Crippen LogP contribution in [0.4, 0.5) is 5.82 Å². The van der Waals surface area contributed by atoms with E-state index in [9.17, 15) is 9.59 Å². The second-order valence-corrected chi connectivity index (χ2v) is 18.0. The van der Waals surface area contributed by atoms with Gasteiger partial charge in [0.05, 0.1) is 45.0 Å². The quantitative estimate of drug-likeness (QED) is 0.315. The van der Waals surface area contributed by atoms with Gasteiger partial charge in [-0.3, -0.25) is 14.7 Å². The fourth-order valence-corrected chi connectivity index (χ4v) is 8.70. The van der Waals surface area contributed by atoms with Crippen LogP contribution in [0.25, 0.3) is 0 Å². The third kappa shape index (κ3) is 4.96. The van der Waals surface area contributed by atoms with E-state index in [1.165, 1.54) is 0 Å². The number of hydrogen-bond acceptors (Lipinski definition) is 4. The highest BCUT2D eigenvalue weighted by molar-refractivity contribution is 6.83. The molecular weight excluding hydrogens is 504 g/mol. The maximum atomic E-state index is 14.2. The molecule has 1 aliphatic heterocycles. The standard InChI is InChI=1S/C31H40N4O3Si/c1-30(2)26-24(27(34-33-26)32-29(37)31(17-12-18-31)39(3,4)5)19-35(30)28(36)25(23-15-10-7-11-16-23)21-38-20-22-13-8-6-9-14-22/h6-11,13-16,25H,12,17-21H2,1-5H3,(H2,32,33,34,37). The molecule has 2 N–H and O–H groups in total. The van der Waals surface area contributed by atoms with Gasteiger partial charge in [0, 0.05) is 10.6 Å². The third-order valence-electron chi connectivity index (χ3n) is 8.94. The summed E-state index contributed by atoms with van der Waals surface area (Å²) < 4.78 is 6.09. The summed E-state index contributed by atoms with van der Waals surface area (Å²) in [6.07, 6.45) is 2.98. The molecule has 39 heavy (non-hydrogen) atoms. The van der Waals surface area contributed by atoms with E-state index < -0.39 is 19.5 Å². The molecule has 1 saturated carbocycles. The van der Waals surface area contributed by atoms with Crippen molar-refractivity contribution in [2.24, 2.45) is 0 Å². The summed E-state index contributed by atoms with van der Waals surface area (Å²) >= 11 is 0. The van der Waals surface area contributed by atoms with E-state index in [4.69, 9.17) is 4.74 Å². The first-order valence-corrected chi connectivity index (χ1v) is 17.4. The van der Waals surface area contributed by atoms with Crippen LogP contribution < -0.4 is 5.32 Å². The monoisotopic (exact) mass is 544 g/mol. The van der Waals surface area contributed by atoms with Gasteiger partial charge in [-0.2, -0.15) is 5.10 Å². The van der Waals surface area contributed by atoms with E-state index in [-0.39, 0.29) is 23.5 Å². The lowest BCUT2D eigenvalue weighted by Gasteiger charge is -2.48. The zero-order valence-electron chi connectivity index (χ0n) is 23.7. The van der Waals surface area contributed by atoms with Crippen LogP contribution >= 0.6 is 0 Å². The molecule has 2 amide bonds. The Bertz CT molecular complexity index is 1330. The summed E-state index contributed by atoms with van der Waals surface area (Å²) in [5.74, 6) is 0.189. The maximum absolute atomic E-state index is 14.2. The molecule has 1 fully saturated rings. The fraction of sp³-hybridized carbons (Fsp3) is 0.452. The van der Waals surface area contributed by atoms with Crippen LogP contribution in [0.5, 0.6) is 0 Å². The first-order chi connectivity index (χ1) is 18.5. The predicted octanol–water partition coefficient (Wildman–Crippen LogP) is 6.19. The van der Waals surface area contributed by atoms with Gasteiger partial charge in [-0.05, 0) is 37.8 Å². The Hall–Kier alpha value is -3.23. The molecule has 2 heterocycles. The number of hydrogen-bond donors (Lipinski definition) is 2. The van der Waals surface area contributed by atoms with Gasteiger partial charge >= 0.3 is 0 Å². The Morgan fingerprint density at radius 1 is 1.05 bits per heavy atom. The third-order valence-corrected chi connectivity index (χ3v) is 12.5. The normalized spacial score (nSPS) is 18.2. The lowest BCUT2D eigenvalue weighted by Crippen LogP contribution is -2.52. The summed E-state index contributed by atoms with van der Waals surface area (Å²) in [7, 11) is -1.72. The Morgan fingerprint density at radius 2 is 1.69 bits per heavy atom. The summed E-state index contributed by atoms with van der Waals surface area (Å²) in [6.45, 7) is 12.0. The van der Waals surface area contributed by atoms with Gasteiger partial charge in [0.25, 0.3) is 0 Å². The number of amides is 2. The SMILES string of the molecule is CC1(C)c2[nH]nc(NC(=O)C3([Si](C)(C)C)CCC3)c2CN1C(=O)C(COCc1ccccc1)c1ccccc1. The molecule has 2 aliphatic rings. The minimum absolute atomic E-state index is 0.00120. The molecule has 1 aromatic heterocycles. The number of ether oxygens (including phenoxy) is 1. The van der Waals surface area contributed by atoms with Crippen molar-refractivity contribution in [3.63, 3.8) is 0 Å². The molecule has 1 unspecified atom stereocenters. The molecule has 2 aromatic carbocycles. The number of carbonyl (C=O) groups is 2. The van der Waals surface area contributed by atoms with Crippen molar-refractivity contribution in [2.75, 3.05) is 11.9 Å². The highest BCUT2D eigenvalue weighted by Gasteiger charge is 2.54. The molecule has 3 aromatic rings. The van der Waals surface area contributed by atoms with Crippen LogP contribution in [0.2, 0.25) is 24.7 Å². The lowest BCUT2D eigenvalue weighted by molar-refractivity contribution is -0.140. The summed E-state index contributed by atoms with van der Waals surface area (Å²) in [5, 5.41) is 10.6. The number of fused-ring (bicyclic) bond motifs is 1. The zero-order valence-corrected chi connectivity index (χ0v) is 24.7. The number of nitrogens with one attached hydrogen (secondary N) is 2. The van der Waals surface area contributed by atoms with Gasteiger partial charge in [0.1, 0.15) is 0 Å². The molecule has 1 aliphatic carbocycles. The fourth-order valence-electron chi connectivity index (χ4n) is 6.10. The van der Waals surface area contributed by atoms with Crippen molar-refractivity contribution < 1.29 is 14.3 Å². The van der Waals surface area contributed by atoms with Crippen molar-refractivity contribution in [1.82, 2.24) is 15.1 Å². The van der Waals surface area contributed by atoms with E-state index in [1.807, 2.05) is 79.4 Å². The number of nitrogens with zero attached hydrogens (tertiary/aromatic N) is 2. The van der Waals surface area contributed by atoms with E-state index in [0.717, 1.165) is 41.6 Å². The van der Waals surface area contributed by atoms with Crippen LogP contribution in [0.3, 0.4) is 0 Å². The maximum Gasteiger partial charge on any atom is 0.233 e. The van der Waals surface area contributed by atoms with E-state index in [1.54, 1.807) is 0 Å². The summed E-state index contributed by atoms with van der Waals surface area (Å²) in [6, 6.07) is 19.8. The van der Waals surface area contributed by atoms with Crippen LogP contribution in [0.15, 0.2) is 60.7 Å². The predicted molar refractivity (Wildman–Crippen MR) is 156 cm³/mol. The Balaban J connectivity index is 1.36. The molecule has 7 nitrogen and oxygen atoms in total. The highest BCUT2D eigenvalue weighted by atomic mass is 28.3. The van der Waals surface area contributed by atoms with Crippen LogP contribution in [0, 0.1) is 0 Å². The molecule has 8 heteroatoms. The molecule has 0 radical (unpaired) electrons.